The molecule has 1 fully saturated rings. The number of aliphatic carboxylic acids is 1. The van der Waals surface area contributed by atoms with Gasteiger partial charge in [0.05, 0.1) is 18.1 Å². The van der Waals surface area contributed by atoms with Crippen molar-refractivity contribution < 1.29 is 19.4 Å². The molecule has 2 atom stereocenters. The molecule has 1 aliphatic carbocycles. The van der Waals surface area contributed by atoms with Crippen LogP contribution in [0, 0.1) is 11.8 Å². The van der Waals surface area contributed by atoms with Crippen molar-refractivity contribution in [2.24, 2.45) is 11.8 Å². The summed E-state index contributed by atoms with van der Waals surface area (Å²) in [6, 6.07) is 32.7. The number of carboxylic acid groups (broad SMARTS) is 1. The molecule has 1 aliphatic rings. The van der Waals surface area contributed by atoms with E-state index in [1.165, 1.54) is 0 Å². The normalized spacial score (nSPS) is 21.8. The van der Waals surface area contributed by atoms with Gasteiger partial charge in [-0.3, -0.25) is 4.79 Å². The van der Waals surface area contributed by atoms with Gasteiger partial charge in [0.15, 0.2) is 0 Å². The molecule has 1 saturated carbocycles. The molecule has 2 unspecified atom stereocenters. The topological polar surface area (TPSA) is 63.6 Å². The molecule has 164 valence electrons. The van der Waals surface area contributed by atoms with Gasteiger partial charge in [-0.1, -0.05) is 91.0 Å². The molecule has 4 aromatic rings. The molecule has 0 bridgehead atoms. The minimum Gasteiger partial charge on any atom is -0.481 e. The molecule has 4 aromatic carbocycles. The number of carbonyl (C=O) groups is 2. The van der Waals surface area contributed by atoms with Gasteiger partial charge in [-0.15, -0.1) is 0 Å². The van der Waals surface area contributed by atoms with Crippen molar-refractivity contribution in [1.29, 1.82) is 0 Å². The maximum atomic E-state index is 12.9. The van der Waals surface area contributed by atoms with E-state index in [-0.39, 0.29) is 24.4 Å². The summed E-state index contributed by atoms with van der Waals surface area (Å²) in [6.07, 6.45) is 0. The molecule has 0 spiro atoms. The maximum absolute atomic E-state index is 12.9. The zero-order valence-corrected chi connectivity index (χ0v) is 18.0. The summed E-state index contributed by atoms with van der Waals surface area (Å²) in [4.78, 5) is 25.2. The van der Waals surface area contributed by atoms with E-state index in [9.17, 15) is 14.7 Å². The Bertz CT molecular complexity index is 1240. The highest BCUT2D eigenvalue weighted by Gasteiger charge is 2.55. The third-order valence-electron chi connectivity index (χ3n) is 6.74. The van der Waals surface area contributed by atoms with Crippen molar-refractivity contribution in [2.45, 2.75) is 11.8 Å². The van der Waals surface area contributed by atoms with Crippen LogP contribution in [0.3, 0.4) is 0 Å². The van der Waals surface area contributed by atoms with Crippen LogP contribution in [-0.2, 0) is 9.53 Å². The molecule has 4 heteroatoms. The highest BCUT2D eigenvalue weighted by atomic mass is 16.5. The summed E-state index contributed by atoms with van der Waals surface area (Å²) < 4.78 is 5.78. The van der Waals surface area contributed by atoms with Crippen LogP contribution in [0.25, 0.3) is 10.8 Å². The van der Waals surface area contributed by atoms with Crippen molar-refractivity contribution in [2.75, 3.05) is 6.61 Å². The van der Waals surface area contributed by atoms with Crippen LogP contribution < -0.4 is 0 Å². The monoisotopic (exact) mass is 436 g/mol. The molecule has 0 heterocycles. The fourth-order valence-electron chi connectivity index (χ4n) is 5.18. The van der Waals surface area contributed by atoms with E-state index in [2.05, 4.69) is 0 Å². The predicted molar refractivity (Wildman–Crippen MR) is 127 cm³/mol. The van der Waals surface area contributed by atoms with Gasteiger partial charge in [0.25, 0.3) is 0 Å². The Morgan fingerprint density at radius 2 is 1.24 bits per heavy atom. The lowest BCUT2D eigenvalue weighted by atomic mass is 9.53. The number of carboxylic acids is 1. The number of fused-ring (bicyclic) bond motifs is 1. The first-order valence-electron chi connectivity index (χ1n) is 11.1. The fourth-order valence-corrected chi connectivity index (χ4v) is 5.18. The fraction of sp³-hybridized carbons (Fsp3) is 0.172. The molecule has 1 N–H and O–H groups in total. The second-order valence-corrected chi connectivity index (χ2v) is 8.56. The Kier molecular flexibility index (Phi) is 5.66. The van der Waals surface area contributed by atoms with E-state index in [0.717, 1.165) is 21.9 Å². The van der Waals surface area contributed by atoms with Crippen molar-refractivity contribution in [1.82, 2.24) is 0 Å². The summed E-state index contributed by atoms with van der Waals surface area (Å²) in [5.74, 6) is -2.36. The quantitative estimate of drug-likeness (QED) is 0.383. The van der Waals surface area contributed by atoms with Crippen LogP contribution in [0.1, 0.15) is 33.3 Å². The molecule has 0 amide bonds. The highest BCUT2D eigenvalue weighted by molar-refractivity contribution is 5.95. The van der Waals surface area contributed by atoms with Crippen LogP contribution >= 0.6 is 0 Å². The summed E-state index contributed by atoms with van der Waals surface area (Å²) in [7, 11) is 0. The SMILES string of the molecule is O=C(OCC1C(c2ccccc2)C(C(=O)O)C1c1ccccc1)c1ccc2ccccc2c1. The van der Waals surface area contributed by atoms with Crippen molar-refractivity contribution >= 4 is 22.7 Å². The third-order valence-corrected chi connectivity index (χ3v) is 6.74. The van der Waals surface area contributed by atoms with E-state index < -0.39 is 17.9 Å². The number of hydrogen-bond donors (Lipinski definition) is 1. The molecule has 5 rings (SSSR count). The first-order chi connectivity index (χ1) is 16.1. The number of rotatable bonds is 6. The van der Waals surface area contributed by atoms with E-state index >= 15 is 0 Å². The minimum absolute atomic E-state index is 0.125. The number of ether oxygens (including phenoxy) is 1. The largest absolute Gasteiger partial charge is 0.481 e. The molecule has 33 heavy (non-hydrogen) atoms. The molecule has 0 saturated heterocycles. The predicted octanol–water partition coefficient (Wildman–Crippen LogP) is 5.89. The Morgan fingerprint density at radius 1 is 0.697 bits per heavy atom. The van der Waals surface area contributed by atoms with Crippen LogP contribution in [-0.4, -0.2) is 23.7 Å². The number of hydrogen-bond acceptors (Lipinski definition) is 3. The summed E-state index contributed by atoms with van der Waals surface area (Å²) in [5, 5.41) is 12.1. The zero-order valence-electron chi connectivity index (χ0n) is 18.0. The van der Waals surface area contributed by atoms with Gasteiger partial charge in [0.1, 0.15) is 0 Å². The number of esters is 1. The van der Waals surface area contributed by atoms with Crippen molar-refractivity contribution in [3.8, 4) is 0 Å². The molecule has 0 radical (unpaired) electrons. The van der Waals surface area contributed by atoms with Crippen molar-refractivity contribution in [3.63, 3.8) is 0 Å². The third kappa shape index (κ3) is 4.00. The zero-order chi connectivity index (χ0) is 22.8. The second kappa shape index (κ2) is 8.91. The number of carbonyl (C=O) groups excluding carboxylic acids is 1. The Balaban J connectivity index is 1.42. The average molecular weight is 437 g/mol. The highest BCUT2D eigenvalue weighted by Crippen LogP contribution is 2.57. The standard InChI is InChI=1S/C29H24O4/c30-28(31)27-25(20-10-3-1-4-11-20)24(26(27)21-12-5-2-6-13-21)18-33-29(32)23-16-15-19-9-7-8-14-22(19)17-23/h1-17,24-27H,18H2,(H,30,31). The van der Waals surface area contributed by atoms with Crippen molar-refractivity contribution in [3.05, 3.63) is 120 Å². The van der Waals surface area contributed by atoms with E-state index in [1.54, 1.807) is 6.07 Å². The lowest BCUT2D eigenvalue weighted by Gasteiger charge is -2.50. The van der Waals surface area contributed by atoms with E-state index in [4.69, 9.17) is 4.74 Å². The summed E-state index contributed by atoms with van der Waals surface area (Å²) in [6.45, 7) is 0.161. The first kappa shape index (κ1) is 21.0. The lowest BCUT2D eigenvalue weighted by molar-refractivity contribution is -0.151. The Morgan fingerprint density at radius 3 is 1.82 bits per heavy atom. The van der Waals surface area contributed by atoms with Crippen LogP contribution in [0.4, 0.5) is 0 Å². The average Bonchev–Trinajstić information content (AvgIpc) is 2.84. The molecule has 0 aliphatic heterocycles. The van der Waals surface area contributed by atoms with Gasteiger partial charge in [-0.2, -0.15) is 0 Å². The first-order valence-corrected chi connectivity index (χ1v) is 11.1. The van der Waals surface area contributed by atoms with Gasteiger partial charge in [-0.25, -0.2) is 4.79 Å². The van der Waals surface area contributed by atoms with Gasteiger partial charge in [0.2, 0.25) is 0 Å². The summed E-state index contributed by atoms with van der Waals surface area (Å²) >= 11 is 0. The molecular weight excluding hydrogens is 412 g/mol. The van der Waals surface area contributed by atoms with Crippen LogP contribution in [0.5, 0.6) is 0 Å². The smallest absolute Gasteiger partial charge is 0.338 e. The minimum atomic E-state index is -0.824. The summed E-state index contributed by atoms with van der Waals surface area (Å²) in [5.41, 5.74) is 2.42. The maximum Gasteiger partial charge on any atom is 0.338 e. The van der Waals surface area contributed by atoms with Gasteiger partial charge >= 0.3 is 11.9 Å². The molecule has 4 nitrogen and oxygen atoms in total. The van der Waals surface area contributed by atoms with E-state index in [0.29, 0.717) is 5.56 Å². The van der Waals surface area contributed by atoms with E-state index in [1.807, 2.05) is 97.1 Å². The van der Waals surface area contributed by atoms with Crippen LogP contribution in [0.15, 0.2) is 103 Å². The lowest BCUT2D eigenvalue weighted by Crippen LogP contribution is -2.49. The van der Waals surface area contributed by atoms with Gasteiger partial charge < -0.3 is 9.84 Å². The van der Waals surface area contributed by atoms with Gasteiger partial charge in [0, 0.05) is 17.8 Å². The Labute approximate surface area is 192 Å². The molecular formula is C29H24O4. The second-order valence-electron chi connectivity index (χ2n) is 8.56. The number of benzene rings is 4. The Hall–Kier alpha value is -3.92. The van der Waals surface area contributed by atoms with Crippen LogP contribution in [0.2, 0.25) is 0 Å². The van der Waals surface area contributed by atoms with Gasteiger partial charge in [-0.05, 0) is 34.0 Å². The molecule has 0 aromatic heterocycles.